The lowest BCUT2D eigenvalue weighted by molar-refractivity contribution is 0.614. The van der Waals surface area contributed by atoms with Gasteiger partial charge in [-0.15, -0.1) is 12.4 Å². The third-order valence-corrected chi connectivity index (χ3v) is 2.80. The van der Waals surface area contributed by atoms with Crippen molar-refractivity contribution >= 4 is 23.4 Å². The van der Waals surface area contributed by atoms with E-state index in [1.807, 2.05) is 18.2 Å². The Bertz CT molecular complexity index is 413. The van der Waals surface area contributed by atoms with Gasteiger partial charge in [-0.05, 0) is 31.5 Å². The number of para-hydroxylation sites is 2. The molecule has 1 aliphatic heterocycles. The van der Waals surface area contributed by atoms with Crippen LogP contribution in [0.25, 0.3) is 11.0 Å². The summed E-state index contributed by atoms with van der Waals surface area (Å²) in [4.78, 5) is 7.94. The molecule has 1 aromatic heterocycles. The van der Waals surface area contributed by atoms with Gasteiger partial charge in [0.25, 0.3) is 0 Å². The number of nitrogens with one attached hydrogen (secondary N) is 2. The van der Waals surface area contributed by atoms with Crippen molar-refractivity contribution in [3.8, 4) is 0 Å². The van der Waals surface area contributed by atoms with Crippen LogP contribution in [0.4, 0.5) is 0 Å². The summed E-state index contributed by atoms with van der Waals surface area (Å²) in [6.45, 7) is 1.11. The maximum Gasteiger partial charge on any atom is 0.124 e. The van der Waals surface area contributed by atoms with E-state index in [9.17, 15) is 0 Å². The molecule has 15 heavy (non-hydrogen) atoms. The molecular weight excluding hydrogens is 210 g/mol. The Morgan fingerprint density at radius 3 is 2.87 bits per heavy atom. The molecule has 1 saturated heterocycles. The van der Waals surface area contributed by atoms with Gasteiger partial charge in [-0.1, -0.05) is 12.1 Å². The van der Waals surface area contributed by atoms with E-state index in [2.05, 4.69) is 21.4 Å². The molecule has 2 heterocycles. The molecular formula is C11H14ClN3. The van der Waals surface area contributed by atoms with Gasteiger partial charge < -0.3 is 10.3 Å². The molecule has 0 amide bonds. The van der Waals surface area contributed by atoms with Crippen LogP contribution in [-0.2, 0) is 0 Å². The zero-order valence-electron chi connectivity index (χ0n) is 8.36. The van der Waals surface area contributed by atoms with Crippen LogP contribution in [0.3, 0.4) is 0 Å². The van der Waals surface area contributed by atoms with E-state index >= 15 is 0 Å². The molecule has 1 unspecified atom stereocenters. The van der Waals surface area contributed by atoms with Gasteiger partial charge in [0.05, 0.1) is 17.1 Å². The van der Waals surface area contributed by atoms with E-state index in [1.165, 1.54) is 12.8 Å². The topological polar surface area (TPSA) is 40.7 Å². The number of hydrogen-bond acceptors (Lipinski definition) is 2. The van der Waals surface area contributed by atoms with Crippen molar-refractivity contribution in [2.24, 2.45) is 0 Å². The van der Waals surface area contributed by atoms with E-state index in [4.69, 9.17) is 0 Å². The van der Waals surface area contributed by atoms with Crippen LogP contribution in [0.2, 0.25) is 0 Å². The van der Waals surface area contributed by atoms with E-state index in [0.717, 1.165) is 23.4 Å². The van der Waals surface area contributed by atoms with Crippen LogP contribution >= 0.6 is 12.4 Å². The minimum absolute atomic E-state index is 0. The molecule has 1 aromatic carbocycles. The Morgan fingerprint density at radius 2 is 2.13 bits per heavy atom. The average molecular weight is 224 g/mol. The molecule has 0 radical (unpaired) electrons. The smallest absolute Gasteiger partial charge is 0.124 e. The Balaban J connectivity index is 0.000000853. The highest BCUT2D eigenvalue weighted by molar-refractivity contribution is 5.85. The van der Waals surface area contributed by atoms with E-state index in [0.29, 0.717) is 6.04 Å². The summed E-state index contributed by atoms with van der Waals surface area (Å²) in [7, 11) is 0. The first-order valence-electron chi connectivity index (χ1n) is 5.11. The number of aromatic nitrogens is 2. The fourth-order valence-electron chi connectivity index (χ4n) is 2.06. The molecule has 80 valence electrons. The van der Waals surface area contributed by atoms with Crippen molar-refractivity contribution < 1.29 is 0 Å². The first-order chi connectivity index (χ1) is 6.93. The second-order valence-electron chi connectivity index (χ2n) is 3.79. The second-order valence-corrected chi connectivity index (χ2v) is 3.79. The monoisotopic (exact) mass is 223 g/mol. The summed E-state index contributed by atoms with van der Waals surface area (Å²) in [5, 5.41) is 3.44. The van der Waals surface area contributed by atoms with Crippen LogP contribution in [0, 0.1) is 0 Å². The number of H-pyrrole nitrogens is 1. The standard InChI is InChI=1S/C11H13N3.ClH/c1-2-5-9-8(4-1)13-11(14-9)10-6-3-7-12-10;/h1-2,4-5,10,12H,3,6-7H2,(H,13,14);1H. The molecule has 3 rings (SSSR count). The molecule has 0 bridgehead atoms. The highest BCUT2D eigenvalue weighted by Crippen LogP contribution is 2.22. The van der Waals surface area contributed by atoms with Crippen molar-refractivity contribution in [2.45, 2.75) is 18.9 Å². The number of hydrogen-bond donors (Lipinski definition) is 2. The van der Waals surface area contributed by atoms with Crippen LogP contribution in [0.5, 0.6) is 0 Å². The Kier molecular flexibility index (Phi) is 2.93. The second kappa shape index (κ2) is 4.21. The summed E-state index contributed by atoms with van der Waals surface area (Å²) in [6, 6.07) is 8.61. The lowest BCUT2D eigenvalue weighted by Crippen LogP contribution is -2.13. The predicted molar refractivity (Wildman–Crippen MR) is 63.3 cm³/mol. The first-order valence-corrected chi connectivity index (χ1v) is 5.11. The van der Waals surface area contributed by atoms with Crippen molar-refractivity contribution in [3.63, 3.8) is 0 Å². The normalized spacial score (nSPS) is 20.4. The Labute approximate surface area is 94.7 Å². The maximum atomic E-state index is 4.58. The van der Waals surface area contributed by atoms with E-state index in [-0.39, 0.29) is 12.4 Å². The summed E-state index contributed by atoms with van der Waals surface area (Å²) in [6.07, 6.45) is 2.45. The Hall–Kier alpha value is -1.06. The van der Waals surface area contributed by atoms with Gasteiger partial charge in [-0.25, -0.2) is 4.98 Å². The lowest BCUT2D eigenvalue weighted by atomic mass is 10.2. The number of aromatic amines is 1. The zero-order chi connectivity index (χ0) is 9.38. The Morgan fingerprint density at radius 1 is 1.27 bits per heavy atom. The maximum absolute atomic E-state index is 4.58. The van der Waals surface area contributed by atoms with Gasteiger partial charge in [-0.3, -0.25) is 0 Å². The van der Waals surface area contributed by atoms with Crippen LogP contribution < -0.4 is 5.32 Å². The van der Waals surface area contributed by atoms with Gasteiger partial charge in [-0.2, -0.15) is 0 Å². The summed E-state index contributed by atoms with van der Waals surface area (Å²) < 4.78 is 0. The molecule has 2 N–H and O–H groups in total. The number of benzene rings is 1. The molecule has 0 saturated carbocycles. The number of fused-ring (bicyclic) bond motifs is 1. The fraction of sp³-hybridized carbons (Fsp3) is 0.364. The minimum Gasteiger partial charge on any atom is -0.341 e. The summed E-state index contributed by atoms with van der Waals surface area (Å²) in [5.41, 5.74) is 2.20. The van der Waals surface area contributed by atoms with Gasteiger partial charge in [0, 0.05) is 0 Å². The SMILES string of the molecule is Cl.c1ccc2[nH]c(C3CCCN3)nc2c1. The highest BCUT2D eigenvalue weighted by Gasteiger charge is 2.18. The van der Waals surface area contributed by atoms with Crippen molar-refractivity contribution in [1.82, 2.24) is 15.3 Å². The van der Waals surface area contributed by atoms with Gasteiger partial charge in [0.15, 0.2) is 0 Å². The first kappa shape index (κ1) is 10.5. The lowest BCUT2D eigenvalue weighted by Gasteiger charge is -2.04. The number of rotatable bonds is 1. The molecule has 1 aliphatic rings. The largest absolute Gasteiger partial charge is 0.341 e. The molecule has 0 spiro atoms. The fourth-order valence-corrected chi connectivity index (χ4v) is 2.06. The van der Waals surface area contributed by atoms with Crippen molar-refractivity contribution in [2.75, 3.05) is 6.54 Å². The van der Waals surface area contributed by atoms with Gasteiger partial charge in [0.1, 0.15) is 5.82 Å². The van der Waals surface area contributed by atoms with E-state index < -0.39 is 0 Å². The van der Waals surface area contributed by atoms with E-state index in [1.54, 1.807) is 0 Å². The third-order valence-electron chi connectivity index (χ3n) is 2.80. The number of halogens is 1. The van der Waals surface area contributed by atoms with Crippen LogP contribution in [-0.4, -0.2) is 16.5 Å². The quantitative estimate of drug-likeness (QED) is 0.780. The van der Waals surface area contributed by atoms with Crippen LogP contribution in [0.15, 0.2) is 24.3 Å². The van der Waals surface area contributed by atoms with Gasteiger partial charge in [0.2, 0.25) is 0 Å². The zero-order valence-corrected chi connectivity index (χ0v) is 9.18. The minimum atomic E-state index is 0. The predicted octanol–water partition coefficient (Wildman–Crippen LogP) is 2.41. The number of nitrogens with zero attached hydrogens (tertiary/aromatic N) is 1. The summed E-state index contributed by atoms with van der Waals surface area (Å²) in [5.74, 6) is 1.09. The average Bonchev–Trinajstić information content (AvgIpc) is 2.86. The highest BCUT2D eigenvalue weighted by atomic mass is 35.5. The van der Waals surface area contributed by atoms with Crippen LogP contribution in [0.1, 0.15) is 24.7 Å². The van der Waals surface area contributed by atoms with Crippen molar-refractivity contribution in [3.05, 3.63) is 30.1 Å². The van der Waals surface area contributed by atoms with Crippen molar-refractivity contribution in [1.29, 1.82) is 0 Å². The third kappa shape index (κ3) is 1.85. The number of imidazole rings is 1. The molecule has 4 heteroatoms. The summed E-state index contributed by atoms with van der Waals surface area (Å²) >= 11 is 0. The van der Waals surface area contributed by atoms with Gasteiger partial charge >= 0.3 is 0 Å². The molecule has 1 atom stereocenters. The molecule has 1 fully saturated rings. The molecule has 0 aliphatic carbocycles. The molecule has 3 nitrogen and oxygen atoms in total. The molecule has 2 aromatic rings.